The van der Waals surface area contributed by atoms with Gasteiger partial charge in [0.25, 0.3) is 0 Å². The zero-order valence-corrected chi connectivity index (χ0v) is 20.5. The van der Waals surface area contributed by atoms with Gasteiger partial charge in [-0.15, -0.1) is 0 Å². The number of phenolic OH excluding ortho intramolecular Hbond substituents is 1. The number of phenols is 1. The molecule has 0 unspecified atom stereocenters. The lowest BCUT2D eigenvalue weighted by Crippen LogP contribution is -2.50. The van der Waals surface area contributed by atoms with Crippen LogP contribution in [0.4, 0.5) is 4.39 Å². The third-order valence-corrected chi connectivity index (χ3v) is 8.03. The Hall–Kier alpha value is -3.03. The second-order valence-electron chi connectivity index (χ2n) is 10.2. The summed E-state index contributed by atoms with van der Waals surface area (Å²) in [5.74, 6) is -2.15. The van der Waals surface area contributed by atoms with Gasteiger partial charge in [-0.25, -0.2) is 4.39 Å². The van der Waals surface area contributed by atoms with Crippen molar-refractivity contribution in [1.82, 2.24) is 0 Å². The Balaban J connectivity index is 1.41. The van der Waals surface area contributed by atoms with E-state index in [0.29, 0.717) is 42.3 Å². The van der Waals surface area contributed by atoms with Gasteiger partial charge in [-0.3, -0.25) is 9.59 Å². The highest BCUT2D eigenvalue weighted by molar-refractivity contribution is 6.43. The molecule has 1 saturated heterocycles. The molecule has 3 aliphatic rings. The van der Waals surface area contributed by atoms with Crippen molar-refractivity contribution >= 4 is 24.8 Å². The Bertz CT molecular complexity index is 1280. The predicted octanol–water partition coefficient (Wildman–Crippen LogP) is 5.63. The molecule has 0 amide bonds. The molecule has 5 nitrogen and oxygen atoms in total. The third-order valence-electron chi connectivity index (χ3n) is 8.03. The fourth-order valence-electron chi connectivity index (χ4n) is 6.34. The van der Waals surface area contributed by atoms with Crippen molar-refractivity contribution in [2.75, 3.05) is 0 Å². The second kappa shape index (κ2) is 9.79. The number of carbonyl (C=O) groups is 2. The number of allylic oxidation sites excluding steroid dienone is 2. The van der Waals surface area contributed by atoms with E-state index in [2.05, 4.69) is 0 Å². The zero-order valence-electron chi connectivity index (χ0n) is 20.5. The Kier molecular flexibility index (Phi) is 6.71. The van der Waals surface area contributed by atoms with E-state index in [4.69, 9.17) is 4.65 Å². The van der Waals surface area contributed by atoms with Gasteiger partial charge in [0.1, 0.15) is 0 Å². The molecule has 2 aromatic rings. The van der Waals surface area contributed by atoms with Crippen LogP contribution in [0.25, 0.3) is 6.08 Å². The Morgan fingerprint density at radius 3 is 2.56 bits per heavy atom. The number of fused-ring (bicyclic) bond motifs is 4. The van der Waals surface area contributed by atoms with E-state index in [9.17, 15) is 24.1 Å². The average molecular weight is 488 g/mol. The number of halogens is 1. The van der Waals surface area contributed by atoms with E-state index < -0.39 is 24.8 Å². The van der Waals surface area contributed by atoms with Crippen LogP contribution >= 0.6 is 0 Å². The van der Waals surface area contributed by atoms with E-state index in [1.165, 1.54) is 12.1 Å². The number of aromatic hydroxyl groups is 1. The van der Waals surface area contributed by atoms with Crippen molar-refractivity contribution in [3.05, 3.63) is 81.7 Å². The lowest BCUT2D eigenvalue weighted by atomic mass is 9.54. The minimum Gasteiger partial charge on any atom is -0.505 e. The molecule has 0 aromatic heterocycles. The van der Waals surface area contributed by atoms with Crippen LogP contribution in [0.1, 0.15) is 65.8 Å². The van der Waals surface area contributed by atoms with Crippen LogP contribution in [0.5, 0.6) is 5.75 Å². The van der Waals surface area contributed by atoms with Crippen molar-refractivity contribution in [2.45, 2.75) is 52.0 Å². The number of carbonyl (C=O) groups excluding carboxylic acids is 2. The van der Waals surface area contributed by atoms with Crippen LogP contribution in [0.3, 0.4) is 0 Å². The average Bonchev–Trinajstić information content (AvgIpc) is 2.86. The van der Waals surface area contributed by atoms with Gasteiger partial charge in [0.05, 0.1) is 6.10 Å². The van der Waals surface area contributed by atoms with Crippen LogP contribution in [-0.4, -0.2) is 34.9 Å². The van der Waals surface area contributed by atoms with Crippen LogP contribution in [0.2, 0.25) is 6.32 Å². The van der Waals surface area contributed by atoms with E-state index >= 15 is 0 Å². The summed E-state index contributed by atoms with van der Waals surface area (Å²) in [6.45, 7) is 4.04. The summed E-state index contributed by atoms with van der Waals surface area (Å²) < 4.78 is 19.8. The molecule has 1 aliphatic heterocycles. The normalized spacial score (nSPS) is 26.0. The molecular formula is C29H30BFO5. The van der Waals surface area contributed by atoms with Crippen molar-refractivity contribution in [3.8, 4) is 5.75 Å². The van der Waals surface area contributed by atoms with Gasteiger partial charge in [0, 0.05) is 23.0 Å². The fourth-order valence-corrected chi connectivity index (χ4v) is 6.34. The Labute approximate surface area is 210 Å². The highest BCUT2D eigenvalue weighted by atomic mass is 19.1. The maximum atomic E-state index is 13.8. The number of rotatable bonds is 5. The summed E-state index contributed by atoms with van der Waals surface area (Å²) >= 11 is 0. The fraction of sp³-hybridized carbons (Fsp3) is 0.379. The molecule has 2 N–H and O–H groups in total. The summed E-state index contributed by atoms with van der Waals surface area (Å²) in [6, 6.07) is 11.4. The van der Waals surface area contributed by atoms with Crippen LogP contribution < -0.4 is 0 Å². The van der Waals surface area contributed by atoms with Crippen molar-refractivity contribution in [1.29, 1.82) is 0 Å². The number of Topliss-reactive ketones (excluding diaryl/α,β-unsaturated/α-hetero) is 2. The first-order valence-corrected chi connectivity index (χ1v) is 12.7. The lowest BCUT2D eigenvalue weighted by Gasteiger charge is -2.47. The molecule has 0 spiro atoms. The molecule has 2 aliphatic carbocycles. The highest BCUT2D eigenvalue weighted by Crippen LogP contribution is 2.50. The van der Waals surface area contributed by atoms with Crippen LogP contribution in [0, 0.1) is 23.6 Å². The largest absolute Gasteiger partial charge is 0.505 e. The van der Waals surface area contributed by atoms with E-state index in [1.807, 2.05) is 19.9 Å². The quantitative estimate of drug-likeness (QED) is 0.421. The van der Waals surface area contributed by atoms with Gasteiger partial charge in [-0.1, -0.05) is 54.5 Å². The molecule has 36 heavy (non-hydrogen) atoms. The summed E-state index contributed by atoms with van der Waals surface area (Å²) in [4.78, 5) is 26.9. The molecule has 2 aromatic carbocycles. The zero-order chi connectivity index (χ0) is 25.6. The van der Waals surface area contributed by atoms with Crippen molar-refractivity contribution < 1.29 is 28.8 Å². The summed E-state index contributed by atoms with van der Waals surface area (Å²) in [6.07, 6.45) is 4.42. The molecule has 0 saturated carbocycles. The predicted molar refractivity (Wildman–Crippen MR) is 136 cm³/mol. The number of benzene rings is 2. The van der Waals surface area contributed by atoms with Crippen molar-refractivity contribution in [3.63, 3.8) is 0 Å². The number of hydrogen-bond acceptors (Lipinski definition) is 5. The minimum absolute atomic E-state index is 0.0125. The van der Waals surface area contributed by atoms with E-state index in [-0.39, 0.29) is 29.3 Å². The minimum atomic E-state index is -1.00. The van der Waals surface area contributed by atoms with Crippen molar-refractivity contribution in [2.24, 2.45) is 17.8 Å². The maximum absolute atomic E-state index is 13.8. The standard InChI is InChI=1S/C29H30BFO5/c1-3-17(13-18-8-10-24(32)23(31)14-18)9-11-25-26-16(2)12-21-27(22(26)15-30(35)36-25)29(34)20-7-5-4-6-19(20)28(21)33/h4-8,10,13-14,21-22,25,27,32,35H,3,9,11-12,15H2,1-2H3/b17-13+/t21-,22+,25-,27-/m1/s1. The van der Waals surface area contributed by atoms with Gasteiger partial charge < -0.3 is 14.8 Å². The first-order chi connectivity index (χ1) is 17.3. The third kappa shape index (κ3) is 4.35. The van der Waals surface area contributed by atoms with Crippen LogP contribution in [0.15, 0.2) is 59.2 Å². The monoisotopic (exact) mass is 488 g/mol. The van der Waals surface area contributed by atoms with Gasteiger partial charge in [-0.2, -0.15) is 0 Å². The smallest absolute Gasteiger partial charge is 0.455 e. The topological polar surface area (TPSA) is 83.8 Å². The number of ketones is 2. The molecule has 0 bridgehead atoms. The van der Waals surface area contributed by atoms with Gasteiger partial charge in [0.15, 0.2) is 23.1 Å². The Morgan fingerprint density at radius 1 is 1.14 bits per heavy atom. The first kappa shape index (κ1) is 24.7. The second-order valence-corrected chi connectivity index (χ2v) is 10.2. The highest BCUT2D eigenvalue weighted by Gasteiger charge is 2.52. The summed E-state index contributed by atoms with van der Waals surface area (Å²) in [5, 5.41) is 20.1. The lowest BCUT2D eigenvalue weighted by molar-refractivity contribution is 0.0601. The SMILES string of the molecule is CC/C(=C\c1ccc(O)c(F)c1)CC[C@H]1OB(O)C[C@H]2C1=C(C)C[C@H]1C(=O)c3ccccc3C(=O)[C@H]12. The molecule has 7 heteroatoms. The van der Waals surface area contributed by atoms with E-state index in [0.717, 1.165) is 23.1 Å². The number of hydrogen-bond donors (Lipinski definition) is 2. The molecule has 4 atom stereocenters. The Morgan fingerprint density at radius 2 is 1.86 bits per heavy atom. The summed E-state index contributed by atoms with van der Waals surface area (Å²) in [5.41, 5.74) is 4.87. The first-order valence-electron chi connectivity index (χ1n) is 12.7. The van der Waals surface area contributed by atoms with Crippen LogP contribution in [-0.2, 0) is 4.65 Å². The molecule has 1 heterocycles. The maximum Gasteiger partial charge on any atom is 0.455 e. The van der Waals surface area contributed by atoms with Gasteiger partial charge in [-0.05, 0) is 68.1 Å². The molecule has 186 valence electrons. The molecule has 5 rings (SSSR count). The molecule has 1 fully saturated rings. The van der Waals surface area contributed by atoms with Gasteiger partial charge in [0.2, 0.25) is 0 Å². The van der Waals surface area contributed by atoms with Gasteiger partial charge >= 0.3 is 7.12 Å². The molecular weight excluding hydrogens is 458 g/mol. The summed E-state index contributed by atoms with van der Waals surface area (Å²) in [7, 11) is -1.00. The molecule has 0 radical (unpaired) electrons. The van der Waals surface area contributed by atoms with E-state index in [1.54, 1.807) is 30.3 Å².